The lowest BCUT2D eigenvalue weighted by Crippen LogP contribution is -2.55. The highest BCUT2D eigenvalue weighted by atomic mass is 16.2. The third kappa shape index (κ3) is 3.53. The number of carbonyl (C=O) groups is 1. The first-order valence-electron chi connectivity index (χ1n) is 6.59. The summed E-state index contributed by atoms with van der Waals surface area (Å²) < 4.78 is 0. The highest BCUT2D eigenvalue weighted by Gasteiger charge is 2.24. The second-order valence-corrected chi connectivity index (χ2v) is 5.09. The minimum absolute atomic E-state index is 0.237. The van der Waals surface area contributed by atoms with E-state index in [0.717, 1.165) is 25.2 Å². The van der Waals surface area contributed by atoms with Crippen molar-refractivity contribution in [3.8, 4) is 0 Å². The van der Waals surface area contributed by atoms with Crippen LogP contribution < -0.4 is 5.32 Å². The van der Waals surface area contributed by atoms with Crippen LogP contribution in [0.2, 0.25) is 0 Å². The predicted molar refractivity (Wildman–Crippen MR) is 71.2 cm³/mol. The summed E-state index contributed by atoms with van der Waals surface area (Å²) >= 11 is 0. The summed E-state index contributed by atoms with van der Waals surface area (Å²) in [6, 6.07) is 6.59. The van der Waals surface area contributed by atoms with Crippen LogP contribution in [0.3, 0.4) is 0 Å². The topological polar surface area (TPSA) is 45.2 Å². The van der Waals surface area contributed by atoms with Gasteiger partial charge in [0.1, 0.15) is 0 Å². The van der Waals surface area contributed by atoms with Gasteiger partial charge in [0.2, 0.25) is 5.91 Å². The van der Waals surface area contributed by atoms with Gasteiger partial charge in [-0.1, -0.05) is 6.07 Å². The second-order valence-electron chi connectivity index (χ2n) is 5.09. The van der Waals surface area contributed by atoms with E-state index >= 15 is 0 Å². The molecule has 2 unspecified atom stereocenters. The van der Waals surface area contributed by atoms with Crippen LogP contribution in [0.5, 0.6) is 0 Å². The molecule has 1 N–H and O–H groups in total. The van der Waals surface area contributed by atoms with Gasteiger partial charge < -0.3 is 10.2 Å². The molecule has 1 aliphatic rings. The van der Waals surface area contributed by atoms with E-state index in [-0.39, 0.29) is 5.91 Å². The van der Waals surface area contributed by atoms with E-state index in [0.29, 0.717) is 18.5 Å². The first-order chi connectivity index (χ1) is 8.65. The monoisotopic (exact) mass is 247 g/mol. The van der Waals surface area contributed by atoms with E-state index in [4.69, 9.17) is 0 Å². The average molecular weight is 247 g/mol. The van der Waals surface area contributed by atoms with Gasteiger partial charge in [-0.25, -0.2) is 0 Å². The van der Waals surface area contributed by atoms with Crippen LogP contribution in [0.1, 0.15) is 26.0 Å². The van der Waals surface area contributed by atoms with E-state index in [9.17, 15) is 4.79 Å². The molecule has 0 bridgehead atoms. The minimum atomic E-state index is 0.237. The van der Waals surface area contributed by atoms with Gasteiger partial charge >= 0.3 is 0 Å². The molecule has 0 radical (unpaired) electrons. The van der Waals surface area contributed by atoms with Crippen molar-refractivity contribution in [2.45, 2.75) is 38.8 Å². The van der Waals surface area contributed by atoms with Gasteiger partial charge in [0, 0.05) is 43.5 Å². The van der Waals surface area contributed by atoms with Crippen molar-refractivity contribution in [1.82, 2.24) is 15.2 Å². The van der Waals surface area contributed by atoms with Crippen LogP contribution in [0, 0.1) is 0 Å². The maximum Gasteiger partial charge on any atom is 0.223 e. The first-order valence-corrected chi connectivity index (χ1v) is 6.59. The zero-order valence-corrected chi connectivity index (χ0v) is 11.1. The molecule has 2 heterocycles. The molecule has 2 rings (SSSR count). The second kappa shape index (κ2) is 5.96. The van der Waals surface area contributed by atoms with Gasteiger partial charge in [-0.05, 0) is 32.4 Å². The number of piperazine rings is 1. The lowest BCUT2D eigenvalue weighted by Gasteiger charge is -2.36. The van der Waals surface area contributed by atoms with Gasteiger partial charge in [-0.3, -0.25) is 9.78 Å². The number of carbonyl (C=O) groups excluding carboxylic acids is 1. The molecule has 1 saturated heterocycles. The summed E-state index contributed by atoms with van der Waals surface area (Å²) in [5.41, 5.74) is 0.988. The number of nitrogens with zero attached hydrogens (tertiary/aromatic N) is 2. The van der Waals surface area contributed by atoms with Crippen LogP contribution in [0.25, 0.3) is 0 Å². The van der Waals surface area contributed by atoms with Gasteiger partial charge in [0.15, 0.2) is 0 Å². The van der Waals surface area contributed by atoms with E-state index in [1.807, 2.05) is 23.1 Å². The molecule has 1 fully saturated rings. The quantitative estimate of drug-likeness (QED) is 0.873. The fourth-order valence-electron chi connectivity index (χ4n) is 2.47. The number of amides is 1. The Bertz CT molecular complexity index is 383. The maximum atomic E-state index is 12.1. The molecule has 0 aliphatic carbocycles. The molecule has 1 aromatic heterocycles. The molecule has 2 atom stereocenters. The van der Waals surface area contributed by atoms with Crippen LogP contribution in [0.15, 0.2) is 24.4 Å². The highest BCUT2D eigenvalue weighted by molar-refractivity contribution is 5.76. The van der Waals surface area contributed by atoms with Gasteiger partial charge in [0.05, 0.1) is 0 Å². The van der Waals surface area contributed by atoms with Crippen molar-refractivity contribution in [3.63, 3.8) is 0 Å². The van der Waals surface area contributed by atoms with Crippen LogP contribution in [0.4, 0.5) is 0 Å². The molecule has 4 nitrogen and oxygen atoms in total. The fourth-order valence-corrected chi connectivity index (χ4v) is 2.47. The fraction of sp³-hybridized carbons (Fsp3) is 0.571. The van der Waals surface area contributed by atoms with Crippen molar-refractivity contribution in [1.29, 1.82) is 0 Å². The lowest BCUT2D eigenvalue weighted by atomic mass is 10.1. The SMILES string of the molecule is CC1CN(C(=O)CCc2ccccn2)CC(C)N1. The number of hydrogen-bond acceptors (Lipinski definition) is 3. The van der Waals surface area contributed by atoms with Gasteiger partial charge in [-0.2, -0.15) is 0 Å². The number of aryl methyl sites for hydroxylation is 1. The Kier molecular flexibility index (Phi) is 4.31. The van der Waals surface area contributed by atoms with Crippen molar-refractivity contribution in [2.75, 3.05) is 13.1 Å². The summed E-state index contributed by atoms with van der Waals surface area (Å²) in [7, 11) is 0. The molecule has 18 heavy (non-hydrogen) atoms. The lowest BCUT2D eigenvalue weighted by molar-refractivity contribution is -0.132. The van der Waals surface area contributed by atoms with Crippen molar-refractivity contribution >= 4 is 5.91 Å². The number of aromatic nitrogens is 1. The van der Waals surface area contributed by atoms with E-state index < -0.39 is 0 Å². The van der Waals surface area contributed by atoms with Crippen LogP contribution in [-0.2, 0) is 11.2 Å². The molecule has 0 aromatic carbocycles. The average Bonchev–Trinajstić information content (AvgIpc) is 2.36. The Hall–Kier alpha value is -1.42. The maximum absolute atomic E-state index is 12.1. The molecule has 0 saturated carbocycles. The number of hydrogen-bond donors (Lipinski definition) is 1. The molecule has 1 aromatic rings. The zero-order valence-electron chi connectivity index (χ0n) is 11.1. The molecular weight excluding hydrogens is 226 g/mol. The van der Waals surface area contributed by atoms with Gasteiger partial charge in [-0.15, -0.1) is 0 Å². The number of rotatable bonds is 3. The number of nitrogens with one attached hydrogen (secondary N) is 1. The molecular formula is C14H21N3O. The predicted octanol–water partition coefficient (Wildman–Crippen LogP) is 1.22. The molecule has 98 valence electrons. The van der Waals surface area contributed by atoms with Gasteiger partial charge in [0.25, 0.3) is 0 Å². The summed E-state index contributed by atoms with van der Waals surface area (Å²) in [5, 5.41) is 3.43. The van der Waals surface area contributed by atoms with E-state index in [2.05, 4.69) is 24.1 Å². The smallest absolute Gasteiger partial charge is 0.223 e. The van der Waals surface area contributed by atoms with E-state index in [1.165, 1.54) is 0 Å². The standard InChI is InChI=1S/C14H21N3O/c1-11-9-17(10-12(2)16-11)14(18)7-6-13-5-3-4-8-15-13/h3-5,8,11-12,16H,6-7,9-10H2,1-2H3. The number of pyridine rings is 1. The Balaban J connectivity index is 1.84. The summed E-state index contributed by atoms with van der Waals surface area (Å²) in [6.45, 7) is 5.86. The minimum Gasteiger partial charge on any atom is -0.340 e. The third-order valence-corrected chi connectivity index (χ3v) is 3.23. The normalized spacial score (nSPS) is 24.0. The summed E-state index contributed by atoms with van der Waals surface area (Å²) in [5.74, 6) is 0.237. The Labute approximate surface area is 108 Å². The Morgan fingerprint density at radius 3 is 2.72 bits per heavy atom. The van der Waals surface area contributed by atoms with Crippen molar-refractivity contribution in [2.24, 2.45) is 0 Å². The zero-order chi connectivity index (χ0) is 13.0. The van der Waals surface area contributed by atoms with Crippen LogP contribution >= 0.6 is 0 Å². The van der Waals surface area contributed by atoms with Crippen molar-refractivity contribution in [3.05, 3.63) is 30.1 Å². The molecule has 1 aliphatic heterocycles. The first kappa shape index (κ1) is 13.0. The Morgan fingerprint density at radius 1 is 1.39 bits per heavy atom. The molecule has 4 heteroatoms. The summed E-state index contributed by atoms with van der Waals surface area (Å²) in [6.07, 6.45) is 3.05. The largest absolute Gasteiger partial charge is 0.340 e. The highest BCUT2D eigenvalue weighted by Crippen LogP contribution is 2.08. The van der Waals surface area contributed by atoms with E-state index in [1.54, 1.807) is 6.20 Å². The molecule has 1 amide bonds. The van der Waals surface area contributed by atoms with Crippen LogP contribution in [-0.4, -0.2) is 41.0 Å². The summed E-state index contributed by atoms with van der Waals surface area (Å²) in [4.78, 5) is 18.3. The third-order valence-electron chi connectivity index (χ3n) is 3.23. The Morgan fingerprint density at radius 2 is 2.11 bits per heavy atom. The van der Waals surface area contributed by atoms with Crippen molar-refractivity contribution < 1.29 is 4.79 Å². The molecule has 0 spiro atoms.